The lowest BCUT2D eigenvalue weighted by Crippen LogP contribution is -2.60. The van der Waals surface area contributed by atoms with Crippen LogP contribution < -0.4 is 5.73 Å². The predicted molar refractivity (Wildman–Crippen MR) is 106 cm³/mol. The number of carbonyl (C=O) groups excluding carboxylic acids is 1. The van der Waals surface area contributed by atoms with Gasteiger partial charge in [-0.3, -0.25) is 4.79 Å². The fourth-order valence-electron chi connectivity index (χ4n) is 8.90. The fraction of sp³-hybridized carbons (Fsp3) is 0.957. The van der Waals surface area contributed by atoms with E-state index >= 15 is 0 Å². The van der Waals surface area contributed by atoms with Gasteiger partial charge in [-0.05, 0) is 93.4 Å². The average molecular weight is 378 g/mol. The van der Waals surface area contributed by atoms with Crippen molar-refractivity contribution in [3.63, 3.8) is 0 Å². The van der Waals surface area contributed by atoms with Crippen LogP contribution in [0.3, 0.4) is 0 Å². The van der Waals surface area contributed by atoms with E-state index in [1.807, 2.05) is 6.92 Å². The van der Waals surface area contributed by atoms with Crippen molar-refractivity contribution in [2.75, 3.05) is 13.2 Å². The van der Waals surface area contributed by atoms with Crippen LogP contribution >= 0.6 is 0 Å². The van der Waals surface area contributed by atoms with E-state index in [2.05, 4.69) is 20.8 Å². The van der Waals surface area contributed by atoms with Gasteiger partial charge < -0.3 is 15.6 Å². The van der Waals surface area contributed by atoms with Crippen molar-refractivity contribution in [1.29, 1.82) is 0 Å². The molecule has 4 fully saturated rings. The van der Waals surface area contributed by atoms with Gasteiger partial charge in [0.05, 0.1) is 18.1 Å². The monoisotopic (exact) mass is 377 g/mol. The minimum Gasteiger partial charge on any atom is -0.466 e. The summed E-state index contributed by atoms with van der Waals surface area (Å²) in [5.74, 6) is 1.17. The Hall–Kier alpha value is -0.610. The Kier molecular flexibility index (Phi) is 4.52. The number of ether oxygens (including phenoxy) is 1. The third kappa shape index (κ3) is 2.38. The number of hydrogen-bond acceptors (Lipinski definition) is 4. The molecule has 27 heavy (non-hydrogen) atoms. The zero-order valence-corrected chi connectivity index (χ0v) is 17.7. The maximum atomic E-state index is 13.0. The quantitative estimate of drug-likeness (QED) is 0.732. The summed E-state index contributed by atoms with van der Waals surface area (Å²) in [6.45, 7) is 9.87. The van der Waals surface area contributed by atoms with Crippen LogP contribution in [-0.2, 0) is 9.53 Å². The van der Waals surface area contributed by atoms with Gasteiger partial charge >= 0.3 is 5.97 Å². The molecule has 4 saturated carbocycles. The van der Waals surface area contributed by atoms with Crippen LogP contribution in [0, 0.1) is 39.4 Å². The molecule has 0 aromatic carbocycles. The van der Waals surface area contributed by atoms with E-state index in [1.54, 1.807) is 0 Å². The van der Waals surface area contributed by atoms with Gasteiger partial charge in [0.2, 0.25) is 0 Å². The lowest BCUT2D eigenvalue weighted by atomic mass is 9.39. The lowest BCUT2D eigenvalue weighted by Gasteiger charge is -2.65. The molecule has 4 aliphatic rings. The van der Waals surface area contributed by atoms with E-state index in [1.165, 1.54) is 12.8 Å². The summed E-state index contributed by atoms with van der Waals surface area (Å²) >= 11 is 0. The van der Waals surface area contributed by atoms with Gasteiger partial charge in [-0.15, -0.1) is 0 Å². The highest BCUT2D eigenvalue weighted by Crippen LogP contribution is 2.75. The van der Waals surface area contributed by atoms with E-state index in [0.717, 1.165) is 38.5 Å². The van der Waals surface area contributed by atoms with Crippen molar-refractivity contribution in [1.82, 2.24) is 0 Å². The Morgan fingerprint density at radius 2 is 1.81 bits per heavy atom. The first-order valence-corrected chi connectivity index (χ1v) is 11.2. The Morgan fingerprint density at radius 3 is 2.48 bits per heavy atom. The van der Waals surface area contributed by atoms with Gasteiger partial charge in [-0.25, -0.2) is 0 Å². The topological polar surface area (TPSA) is 72.5 Å². The smallest absolute Gasteiger partial charge is 0.312 e. The first kappa shape index (κ1) is 19.7. The van der Waals surface area contributed by atoms with Crippen molar-refractivity contribution in [2.24, 2.45) is 45.1 Å². The van der Waals surface area contributed by atoms with Gasteiger partial charge in [0.15, 0.2) is 0 Å². The van der Waals surface area contributed by atoms with Gasteiger partial charge in [0, 0.05) is 5.92 Å². The zero-order chi connectivity index (χ0) is 19.7. The molecule has 0 amide bonds. The molecule has 4 aliphatic carbocycles. The van der Waals surface area contributed by atoms with Gasteiger partial charge in [-0.1, -0.05) is 20.3 Å². The lowest BCUT2D eigenvalue weighted by molar-refractivity contribution is -0.191. The fourth-order valence-corrected chi connectivity index (χ4v) is 8.90. The highest BCUT2D eigenvalue weighted by atomic mass is 16.5. The second-order valence-electron chi connectivity index (χ2n) is 11.0. The molecule has 0 aromatic heterocycles. The molecule has 4 rings (SSSR count). The first-order valence-electron chi connectivity index (χ1n) is 11.2. The number of nitrogens with two attached hydrogens (primary N) is 1. The normalized spacial score (nSPS) is 54.1. The summed E-state index contributed by atoms with van der Waals surface area (Å²) in [6.07, 6.45) is 8.55. The van der Waals surface area contributed by atoms with E-state index in [-0.39, 0.29) is 39.7 Å². The second-order valence-corrected chi connectivity index (χ2v) is 11.0. The highest BCUT2D eigenvalue weighted by Gasteiger charge is 2.71. The Morgan fingerprint density at radius 1 is 1.11 bits per heavy atom. The standard InChI is InChI=1S/C23H39NO3/c1-5-27-19(26)22(4)10-6-9-21(3)16(22)8-12-23-14-20(2,11-7-17(21)23)18(25)15(23)13-24/h15-18,25H,5-14,24H2,1-4H3/t15-,16+,17+,18-,20+,21-,22-,23-/m1/s1. The number of fused-ring (bicyclic) bond motifs is 3. The van der Waals surface area contributed by atoms with Gasteiger partial charge in [0.25, 0.3) is 0 Å². The molecule has 1 spiro atoms. The molecule has 0 aromatic rings. The summed E-state index contributed by atoms with van der Waals surface area (Å²) in [5.41, 5.74) is 6.24. The maximum absolute atomic E-state index is 13.0. The van der Waals surface area contributed by atoms with Crippen LogP contribution in [0.5, 0.6) is 0 Å². The third-order valence-electron chi connectivity index (χ3n) is 9.93. The van der Waals surface area contributed by atoms with E-state index in [9.17, 15) is 9.90 Å². The minimum atomic E-state index is -0.360. The van der Waals surface area contributed by atoms with Crippen molar-refractivity contribution in [3.05, 3.63) is 0 Å². The molecule has 0 saturated heterocycles. The summed E-state index contributed by atoms with van der Waals surface area (Å²) < 4.78 is 5.55. The van der Waals surface area contributed by atoms with Crippen LogP contribution in [-0.4, -0.2) is 30.3 Å². The molecular formula is C23H39NO3. The number of carbonyl (C=O) groups is 1. The summed E-state index contributed by atoms with van der Waals surface area (Å²) in [6, 6.07) is 0. The Balaban J connectivity index is 1.74. The van der Waals surface area contributed by atoms with Crippen molar-refractivity contribution in [3.8, 4) is 0 Å². The number of rotatable bonds is 3. The van der Waals surface area contributed by atoms with E-state index < -0.39 is 0 Å². The molecule has 2 bridgehead atoms. The van der Waals surface area contributed by atoms with Crippen molar-refractivity contribution in [2.45, 2.75) is 85.2 Å². The van der Waals surface area contributed by atoms with Gasteiger partial charge in [0.1, 0.15) is 0 Å². The molecule has 0 radical (unpaired) electrons. The zero-order valence-electron chi connectivity index (χ0n) is 17.7. The Labute approximate surface area is 164 Å². The Bertz CT molecular complexity index is 623. The predicted octanol–water partition coefficient (Wildman–Crippen LogP) is 3.90. The molecule has 0 aliphatic heterocycles. The van der Waals surface area contributed by atoms with Crippen LogP contribution in [0.4, 0.5) is 0 Å². The van der Waals surface area contributed by atoms with Crippen LogP contribution in [0.1, 0.15) is 79.1 Å². The second kappa shape index (κ2) is 6.19. The maximum Gasteiger partial charge on any atom is 0.312 e. The molecule has 154 valence electrons. The average Bonchev–Trinajstić information content (AvgIpc) is 2.76. The number of aliphatic hydroxyl groups excluding tert-OH is 1. The molecule has 3 N–H and O–H groups in total. The summed E-state index contributed by atoms with van der Waals surface area (Å²) in [4.78, 5) is 13.0. The summed E-state index contributed by atoms with van der Waals surface area (Å²) in [7, 11) is 0. The van der Waals surface area contributed by atoms with Crippen LogP contribution in [0.2, 0.25) is 0 Å². The van der Waals surface area contributed by atoms with Crippen molar-refractivity contribution < 1.29 is 14.6 Å². The molecule has 4 heteroatoms. The molecule has 4 nitrogen and oxygen atoms in total. The molecule has 0 heterocycles. The van der Waals surface area contributed by atoms with Crippen LogP contribution in [0.25, 0.3) is 0 Å². The number of esters is 1. The minimum absolute atomic E-state index is 0.0133. The number of aliphatic hydroxyl groups is 1. The SMILES string of the molecule is CCOC(=O)[C@]1(C)CCC[C@@]2(C)[C@@H]3CC[C@@]4(C)C[C@]3(CC[C@@H]21)[C@H](CN)[C@H]4O. The molecule has 8 atom stereocenters. The van der Waals surface area contributed by atoms with Crippen molar-refractivity contribution >= 4 is 5.97 Å². The molecule has 0 unspecified atom stereocenters. The van der Waals surface area contributed by atoms with Gasteiger partial charge in [-0.2, -0.15) is 0 Å². The van der Waals surface area contributed by atoms with Crippen LogP contribution in [0.15, 0.2) is 0 Å². The largest absolute Gasteiger partial charge is 0.466 e. The molecular weight excluding hydrogens is 338 g/mol. The van der Waals surface area contributed by atoms with E-state index in [4.69, 9.17) is 10.5 Å². The summed E-state index contributed by atoms with van der Waals surface area (Å²) in [5, 5.41) is 11.1. The first-order chi connectivity index (χ1) is 12.7. The van der Waals surface area contributed by atoms with E-state index in [0.29, 0.717) is 25.0 Å². The number of hydrogen-bond donors (Lipinski definition) is 2. The third-order valence-corrected chi connectivity index (χ3v) is 9.93. The highest BCUT2D eigenvalue weighted by molar-refractivity contribution is 5.77.